The quantitative estimate of drug-likeness (QED) is 0.762. The second kappa shape index (κ2) is 5.36. The van der Waals surface area contributed by atoms with Gasteiger partial charge in [0, 0.05) is 12.0 Å². The zero-order valence-electron chi connectivity index (χ0n) is 11.9. The summed E-state index contributed by atoms with van der Waals surface area (Å²) in [7, 11) is 0. The fourth-order valence-electron chi connectivity index (χ4n) is 2.64. The summed E-state index contributed by atoms with van der Waals surface area (Å²) in [6, 6.07) is 0. The van der Waals surface area contributed by atoms with Gasteiger partial charge in [-0.25, -0.2) is 14.8 Å². The molecule has 1 fully saturated rings. The summed E-state index contributed by atoms with van der Waals surface area (Å²) in [6.45, 7) is 4.62. The van der Waals surface area contributed by atoms with Crippen LogP contribution in [0.15, 0.2) is 12.4 Å². The van der Waals surface area contributed by atoms with Crippen LogP contribution in [-0.2, 0) is 0 Å². The molecular formula is C14H21N3O3. The number of rotatable bonds is 5. The van der Waals surface area contributed by atoms with Crippen molar-refractivity contribution in [3.63, 3.8) is 0 Å². The van der Waals surface area contributed by atoms with Gasteiger partial charge < -0.3 is 15.5 Å². The van der Waals surface area contributed by atoms with Crippen LogP contribution in [0.4, 0.5) is 5.82 Å². The Morgan fingerprint density at radius 1 is 1.35 bits per heavy atom. The zero-order valence-corrected chi connectivity index (χ0v) is 11.9. The minimum atomic E-state index is -1.09. The van der Waals surface area contributed by atoms with Gasteiger partial charge in [-0.1, -0.05) is 26.7 Å². The van der Waals surface area contributed by atoms with Gasteiger partial charge in [-0.05, 0) is 12.8 Å². The lowest BCUT2D eigenvalue weighted by molar-refractivity contribution is -0.0541. The lowest BCUT2D eigenvalue weighted by Gasteiger charge is -2.40. The van der Waals surface area contributed by atoms with E-state index in [4.69, 9.17) is 5.11 Å². The van der Waals surface area contributed by atoms with Crippen molar-refractivity contribution in [1.29, 1.82) is 0 Å². The molecule has 6 nitrogen and oxygen atoms in total. The molecule has 0 atom stereocenters. The van der Waals surface area contributed by atoms with Gasteiger partial charge in [-0.15, -0.1) is 0 Å². The van der Waals surface area contributed by atoms with E-state index in [1.54, 1.807) is 0 Å². The molecule has 0 amide bonds. The van der Waals surface area contributed by atoms with E-state index < -0.39 is 11.6 Å². The monoisotopic (exact) mass is 279 g/mol. The molecule has 0 aromatic carbocycles. The lowest BCUT2D eigenvalue weighted by Crippen LogP contribution is -2.46. The maximum Gasteiger partial charge on any atom is 0.356 e. The second-order valence-electron chi connectivity index (χ2n) is 6.07. The number of carbonyl (C=O) groups is 1. The van der Waals surface area contributed by atoms with Gasteiger partial charge in [0.25, 0.3) is 0 Å². The van der Waals surface area contributed by atoms with Crippen LogP contribution in [-0.4, -0.2) is 38.3 Å². The first-order valence-corrected chi connectivity index (χ1v) is 6.86. The third kappa shape index (κ3) is 2.90. The highest BCUT2D eigenvalue weighted by Gasteiger charge is 2.45. The summed E-state index contributed by atoms with van der Waals surface area (Å²) in [4.78, 5) is 18.5. The first-order chi connectivity index (χ1) is 9.34. The molecular weight excluding hydrogens is 258 g/mol. The predicted octanol–water partition coefficient (Wildman–Crippen LogP) is 1.92. The van der Waals surface area contributed by atoms with Gasteiger partial charge in [-0.2, -0.15) is 0 Å². The summed E-state index contributed by atoms with van der Waals surface area (Å²) >= 11 is 0. The number of carboxylic acid groups (broad SMARTS) is 1. The molecule has 0 bridgehead atoms. The Bertz CT molecular complexity index is 479. The number of nitrogens with one attached hydrogen (secondary N) is 1. The molecule has 0 saturated heterocycles. The van der Waals surface area contributed by atoms with Gasteiger partial charge in [-0.3, -0.25) is 0 Å². The van der Waals surface area contributed by atoms with E-state index in [2.05, 4.69) is 15.3 Å². The second-order valence-corrected chi connectivity index (χ2v) is 6.07. The average Bonchev–Trinajstić information content (AvgIpc) is 2.86. The first-order valence-electron chi connectivity index (χ1n) is 6.86. The van der Waals surface area contributed by atoms with Gasteiger partial charge in [0.15, 0.2) is 5.69 Å². The van der Waals surface area contributed by atoms with Crippen LogP contribution in [0.5, 0.6) is 0 Å². The van der Waals surface area contributed by atoms with Crippen molar-refractivity contribution in [3.05, 3.63) is 18.1 Å². The molecule has 6 heteroatoms. The van der Waals surface area contributed by atoms with Crippen molar-refractivity contribution in [2.75, 3.05) is 11.9 Å². The summed E-state index contributed by atoms with van der Waals surface area (Å²) in [5.74, 6) is -0.575. The normalized spacial score (nSPS) is 17.9. The summed E-state index contributed by atoms with van der Waals surface area (Å²) in [5.41, 5.74) is -1.00. The average molecular weight is 279 g/mol. The maximum atomic E-state index is 10.7. The third-order valence-electron chi connectivity index (χ3n) is 4.27. The van der Waals surface area contributed by atoms with Crippen LogP contribution < -0.4 is 5.32 Å². The van der Waals surface area contributed by atoms with E-state index in [0.717, 1.165) is 25.7 Å². The molecule has 0 aliphatic heterocycles. The third-order valence-corrected chi connectivity index (χ3v) is 4.27. The van der Waals surface area contributed by atoms with Crippen LogP contribution in [0.25, 0.3) is 0 Å². The number of aliphatic hydroxyl groups is 1. The molecule has 0 unspecified atom stereocenters. The Morgan fingerprint density at radius 2 is 2.00 bits per heavy atom. The highest BCUT2D eigenvalue weighted by molar-refractivity contribution is 5.84. The van der Waals surface area contributed by atoms with Crippen molar-refractivity contribution in [2.45, 2.75) is 45.1 Å². The topological polar surface area (TPSA) is 95.3 Å². The minimum Gasteiger partial charge on any atom is -0.476 e. The van der Waals surface area contributed by atoms with Crippen molar-refractivity contribution >= 4 is 11.8 Å². The fourth-order valence-corrected chi connectivity index (χ4v) is 2.64. The number of carboxylic acids is 1. The van der Waals surface area contributed by atoms with Crippen molar-refractivity contribution in [3.8, 4) is 0 Å². The van der Waals surface area contributed by atoms with Gasteiger partial charge in [0.1, 0.15) is 5.82 Å². The van der Waals surface area contributed by atoms with Crippen LogP contribution in [0.2, 0.25) is 0 Å². The highest BCUT2D eigenvalue weighted by atomic mass is 16.4. The number of anilines is 1. The largest absolute Gasteiger partial charge is 0.476 e. The number of aromatic carboxylic acids is 1. The van der Waals surface area contributed by atoms with E-state index in [0.29, 0.717) is 12.4 Å². The van der Waals surface area contributed by atoms with Crippen LogP contribution in [0, 0.1) is 5.41 Å². The predicted molar refractivity (Wildman–Crippen MR) is 74.7 cm³/mol. The molecule has 2 rings (SSSR count). The van der Waals surface area contributed by atoms with Crippen LogP contribution in [0.1, 0.15) is 50.0 Å². The highest BCUT2D eigenvalue weighted by Crippen LogP contribution is 2.43. The first kappa shape index (κ1) is 14.7. The lowest BCUT2D eigenvalue weighted by atomic mass is 9.73. The van der Waals surface area contributed by atoms with Crippen molar-refractivity contribution < 1.29 is 15.0 Å². The maximum absolute atomic E-state index is 10.7. The Morgan fingerprint density at radius 3 is 2.50 bits per heavy atom. The molecule has 3 N–H and O–H groups in total. The number of aromatic nitrogens is 2. The molecule has 1 heterocycles. The molecule has 110 valence electrons. The zero-order chi connectivity index (χ0) is 14.8. The molecule has 1 saturated carbocycles. The molecule has 0 spiro atoms. The Hall–Kier alpha value is -1.69. The molecule has 1 aliphatic carbocycles. The number of nitrogens with zero attached hydrogens (tertiary/aromatic N) is 2. The molecule has 1 aromatic rings. The Labute approximate surface area is 118 Å². The van der Waals surface area contributed by atoms with E-state index in [1.165, 1.54) is 12.4 Å². The smallest absolute Gasteiger partial charge is 0.356 e. The minimum absolute atomic E-state index is 0.0794. The van der Waals surface area contributed by atoms with Crippen LogP contribution >= 0.6 is 0 Å². The van der Waals surface area contributed by atoms with Crippen molar-refractivity contribution in [2.24, 2.45) is 5.41 Å². The number of hydrogen-bond acceptors (Lipinski definition) is 5. The summed E-state index contributed by atoms with van der Waals surface area (Å²) in [6.07, 6.45) is 6.40. The summed E-state index contributed by atoms with van der Waals surface area (Å²) < 4.78 is 0. The molecule has 1 aliphatic rings. The van der Waals surface area contributed by atoms with E-state index in [9.17, 15) is 9.90 Å². The number of hydrogen-bond donors (Lipinski definition) is 3. The van der Waals surface area contributed by atoms with Crippen molar-refractivity contribution in [1.82, 2.24) is 9.97 Å². The van der Waals surface area contributed by atoms with Gasteiger partial charge in [0.05, 0.1) is 18.0 Å². The van der Waals surface area contributed by atoms with E-state index in [1.807, 2.05) is 13.8 Å². The standard InChI is InChI=1S/C14H21N3O3/c1-13(2,14(20)5-3-4-6-14)9-17-11-8-15-10(7-16-11)12(18)19/h7-8,20H,3-6,9H2,1-2H3,(H,16,17)(H,18,19). The SMILES string of the molecule is CC(C)(CNc1cnc(C(=O)O)cn1)C1(O)CCCC1. The molecule has 0 radical (unpaired) electrons. The van der Waals surface area contributed by atoms with Crippen LogP contribution in [0.3, 0.4) is 0 Å². The fraction of sp³-hybridized carbons (Fsp3) is 0.643. The van der Waals surface area contributed by atoms with E-state index in [-0.39, 0.29) is 11.1 Å². The van der Waals surface area contributed by atoms with E-state index >= 15 is 0 Å². The summed E-state index contributed by atoms with van der Waals surface area (Å²) in [5, 5.41) is 22.5. The van der Waals surface area contributed by atoms with Gasteiger partial charge >= 0.3 is 5.97 Å². The Kier molecular flexibility index (Phi) is 3.94. The molecule has 1 aromatic heterocycles. The van der Waals surface area contributed by atoms with Gasteiger partial charge in [0.2, 0.25) is 0 Å². The Balaban J connectivity index is 1.99. The molecule has 20 heavy (non-hydrogen) atoms.